The molecule has 0 amide bonds. The van der Waals surface area contributed by atoms with Gasteiger partial charge in [-0.3, -0.25) is 0 Å². The fraction of sp³-hybridized carbons (Fsp3) is 0.538. The van der Waals surface area contributed by atoms with E-state index < -0.39 is 3.23 Å². The molecule has 1 aromatic rings. The molecule has 1 N–H and O–H groups in total. The summed E-state index contributed by atoms with van der Waals surface area (Å²) in [6.07, 6.45) is 0. The number of nitrogens with zero attached hydrogens (tertiary/aromatic N) is 1. The van der Waals surface area contributed by atoms with Crippen molar-refractivity contribution in [3.63, 3.8) is 0 Å². The lowest BCUT2D eigenvalue weighted by molar-refractivity contribution is -0.867. The average molecular weight is 481 g/mol. The Kier molecular flexibility index (Phi) is 9.42. The summed E-state index contributed by atoms with van der Waals surface area (Å²) in [6.45, 7) is 1.18. The van der Waals surface area contributed by atoms with Gasteiger partial charge in [-0.25, -0.2) is 0 Å². The highest BCUT2D eigenvalue weighted by Crippen LogP contribution is 2.37. The molecular formula is C13H20Br3ClNO+. The van der Waals surface area contributed by atoms with Gasteiger partial charge in [0.05, 0.1) is 39.6 Å². The maximum absolute atomic E-state index is 8.99. The summed E-state index contributed by atoms with van der Waals surface area (Å²) in [5, 5.41) is 10.8. The number of alkyl halides is 3. The van der Waals surface area contributed by atoms with Crippen LogP contribution in [0.15, 0.2) is 24.3 Å². The van der Waals surface area contributed by atoms with Gasteiger partial charge in [-0.1, -0.05) is 71.5 Å². The smallest absolute Gasteiger partial charge is 0.128 e. The van der Waals surface area contributed by atoms with Crippen LogP contribution in [0.3, 0.4) is 0 Å². The molecule has 0 saturated heterocycles. The zero-order chi connectivity index (χ0) is 15.1. The van der Waals surface area contributed by atoms with Crippen LogP contribution in [-0.2, 0) is 3.23 Å². The number of aliphatic hydroxyl groups excluding tert-OH is 1. The molecular weight excluding hydrogens is 461 g/mol. The van der Waals surface area contributed by atoms with Crippen molar-refractivity contribution < 1.29 is 9.59 Å². The van der Waals surface area contributed by atoms with Crippen LogP contribution in [0.5, 0.6) is 0 Å². The predicted molar refractivity (Wildman–Crippen MR) is 94.8 cm³/mol. The molecule has 0 spiro atoms. The van der Waals surface area contributed by atoms with Gasteiger partial charge >= 0.3 is 0 Å². The van der Waals surface area contributed by atoms with Crippen LogP contribution in [-0.4, -0.2) is 49.2 Å². The van der Waals surface area contributed by atoms with Crippen LogP contribution in [0.4, 0.5) is 0 Å². The van der Waals surface area contributed by atoms with Crippen molar-refractivity contribution in [2.24, 2.45) is 0 Å². The van der Waals surface area contributed by atoms with Crippen molar-refractivity contribution >= 4 is 59.4 Å². The molecule has 0 saturated carbocycles. The lowest BCUT2D eigenvalue weighted by atomic mass is 10.2. The van der Waals surface area contributed by atoms with Crippen LogP contribution in [0.25, 0.3) is 0 Å². The summed E-state index contributed by atoms with van der Waals surface area (Å²) in [4.78, 5) is 0. The van der Waals surface area contributed by atoms with Crippen molar-refractivity contribution in [2.75, 3.05) is 39.6 Å². The van der Waals surface area contributed by atoms with E-state index in [9.17, 15) is 0 Å². The number of hydrogen-bond acceptors (Lipinski definition) is 1. The first-order valence-corrected chi connectivity index (χ1v) is 8.82. The van der Waals surface area contributed by atoms with E-state index in [-0.39, 0.29) is 6.61 Å². The van der Waals surface area contributed by atoms with Crippen LogP contribution < -0.4 is 0 Å². The zero-order valence-electron chi connectivity index (χ0n) is 11.3. The summed E-state index contributed by atoms with van der Waals surface area (Å²) in [5.41, 5.74) is 0.939. The third kappa shape index (κ3) is 9.43. The lowest BCUT2D eigenvalue weighted by Crippen LogP contribution is -2.35. The Morgan fingerprint density at radius 2 is 1.63 bits per heavy atom. The van der Waals surface area contributed by atoms with E-state index in [2.05, 4.69) is 68.9 Å². The first kappa shape index (κ1) is 19.9. The minimum absolute atomic E-state index is 0.0192. The molecule has 0 aliphatic carbocycles. The molecule has 0 radical (unpaired) electrons. The van der Waals surface area contributed by atoms with E-state index in [1.807, 2.05) is 12.1 Å². The number of benzene rings is 1. The van der Waals surface area contributed by atoms with Crippen LogP contribution in [0.1, 0.15) is 5.56 Å². The Hall–Kier alpha value is 0.870. The van der Waals surface area contributed by atoms with Gasteiger partial charge in [-0.2, -0.15) is 0 Å². The van der Waals surface area contributed by atoms with E-state index in [1.54, 1.807) is 12.1 Å². The molecule has 0 aromatic heterocycles. The molecule has 19 heavy (non-hydrogen) atoms. The second-order valence-electron chi connectivity index (χ2n) is 5.07. The van der Waals surface area contributed by atoms with Gasteiger partial charge in [-0.15, -0.1) is 0 Å². The van der Waals surface area contributed by atoms with Crippen molar-refractivity contribution in [3.8, 4) is 0 Å². The van der Waals surface area contributed by atoms with Crippen molar-refractivity contribution in [3.05, 3.63) is 34.9 Å². The van der Waals surface area contributed by atoms with Gasteiger partial charge in [0.1, 0.15) is 3.23 Å². The highest BCUT2D eigenvalue weighted by molar-refractivity contribution is 9.24. The number of quaternary nitrogens is 1. The molecule has 0 unspecified atom stereocenters. The summed E-state index contributed by atoms with van der Waals surface area (Å²) in [5.74, 6) is 0. The summed E-state index contributed by atoms with van der Waals surface area (Å²) in [6, 6.07) is 7.26. The van der Waals surface area contributed by atoms with Crippen LogP contribution in [0.2, 0.25) is 5.02 Å². The Labute approximate surface area is 146 Å². The van der Waals surface area contributed by atoms with E-state index >= 15 is 0 Å². The maximum atomic E-state index is 8.99. The topological polar surface area (TPSA) is 20.2 Å². The van der Waals surface area contributed by atoms with Crippen molar-refractivity contribution in [2.45, 2.75) is 3.23 Å². The maximum Gasteiger partial charge on any atom is 0.128 e. The zero-order valence-corrected chi connectivity index (χ0v) is 16.9. The normalized spacial score (nSPS) is 11.8. The number of halogens is 4. The van der Waals surface area contributed by atoms with E-state index in [0.29, 0.717) is 5.02 Å². The molecule has 0 heterocycles. The van der Waals surface area contributed by atoms with Crippen molar-refractivity contribution in [1.82, 2.24) is 0 Å². The summed E-state index contributed by atoms with van der Waals surface area (Å²) in [7, 11) is 6.55. The minimum atomic E-state index is -0.551. The van der Waals surface area contributed by atoms with Gasteiger partial charge in [0.2, 0.25) is 0 Å². The van der Waals surface area contributed by atoms with Crippen molar-refractivity contribution in [1.29, 1.82) is 0 Å². The van der Waals surface area contributed by atoms with E-state index in [0.717, 1.165) is 15.4 Å². The molecule has 0 aliphatic heterocycles. The molecule has 1 aromatic carbocycles. The Morgan fingerprint density at radius 3 is 1.89 bits per heavy atom. The molecule has 0 aliphatic rings. The van der Waals surface area contributed by atoms with E-state index in [1.165, 1.54) is 6.54 Å². The number of rotatable bonds is 4. The molecule has 0 bridgehead atoms. The monoisotopic (exact) mass is 478 g/mol. The molecule has 2 nitrogen and oxygen atoms in total. The highest BCUT2D eigenvalue weighted by Gasteiger charge is 2.23. The SMILES string of the molecule is C[N+](C)(C)CCBr.OCC(Br)(Br)c1ccc(Cl)cc1. The Balaban J connectivity index is 0.000000399. The highest BCUT2D eigenvalue weighted by atomic mass is 79.9. The van der Waals surface area contributed by atoms with Crippen LogP contribution in [0, 0.1) is 0 Å². The summed E-state index contributed by atoms with van der Waals surface area (Å²) >= 11 is 15.8. The van der Waals surface area contributed by atoms with Crippen LogP contribution >= 0.6 is 59.4 Å². The molecule has 110 valence electrons. The third-order valence-electron chi connectivity index (χ3n) is 2.22. The number of hydrogen-bond donors (Lipinski definition) is 1. The minimum Gasteiger partial charge on any atom is -0.394 e. The van der Waals surface area contributed by atoms with Gasteiger partial charge in [0.15, 0.2) is 0 Å². The Morgan fingerprint density at radius 1 is 1.16 bits per heavy atom. The first-order valence-electron chi connectivity index (χ1n) is 5.73. The largest absolute Gasteiger partial charge is 0.394 e. The van der Waals surface area contributed by atoms with Gasteiger partial charge < -0.3 is 9.59 Å². The Bertz CT molecular complexity index is 363. The van der Waals surface area contributed by atoms with Gasteiger partial charge in [0, 0.05) is 5.02 Å². The fourth-order valence-electron chi connectivity index (χ4n) is 1.04. The number of aliphatic hydroxyl groups is 1. The second kappa shape index (κ2) is 9.00. The standard InChI is InChI=1S/C8H7Br2ClO.C5H13BrN/c9-8(10,5-12)6-1-3-7(11)4-2-6;1-7(2,3)5-4-6/h1-4,12H,5H2;4-5H2,1-3H3/q;+1. The third-order valence-corrected chi connectivity index (χ3v) is 4.24. The second-order valence-corrected chi connectivity index (χ2v) is 10.1. The molecule has 6 heteroatoms. The van der Waals surface area contributed by atoms with Gasteiger partial charge in [0.25, 0.3) is 0 Å². The molecule has 0 atom stereocenters. The predicted octanol–water partition coefficient (Wildman–Crippen LogP) is 4.36. The lowest BCUT2D eigenvalue weighted by Gasteiger charge is -2.21. The van der Waals surface area contributed by atoms with E-state index in [4.69, 9.17) is 16.7 Å². The fourth-order valence-corrected chi connectivity index (χ4v) is 2.76. The average Bonchev–Trinajstić information content (AvgIpc) is 2.29. The molecule has 0 fully saturated rings. The summed E-state index contributed by atoms with van der Waals surface area (Å²) < 4.78 is 0.496. The molecule has 1 rings (SSSR count). The quantitative estimate of drug-likeness (QED) is 0.501. The first-order chi connectivity index (χ1) is 8.62. The van der Waals surface area contributed by atoms with Gasteiger partial charge in [-0.05, 0) is 17.7 Å².